The first kappa shape index (κ1) is 128. The molecule has 0 aromatic rings. The molecule has 0 aromatic carbocycles. The van der Waals surface area contributed by atoms with Gasteiger partial charge in [0.15, 0.2) is 0 Å². The van der Waals surface area contributed by atoms with E-state index in [0.717, 1.165) is 0 Å². The molecule has 3 aliphatic heterocycles. The minimum Gasteiger partial charge on any atom is -0.462 e. The second-order valence-electron chi connectivity index (χ2n) is 40.6. The molecule has 137 heavy (non-hydrogen) atoms. The van der Waals surface area contributed by atoms with E-state index in [0.29, 0.717) is 56.7 Å². The Kier molecular flexibility index (Phi) is 48.5. The van der Waals surface area contributed by atoms with E-state index < -0.39 is 214 Å². The smallest absolute Gasteiger partial charge is 0.462 e. The van der Waals surface area contributed by atoms with Gasteiger partial charge in [0.1, 0.15) is 0 Å². The van der Waals surface area contributed by atoms with Crippen LogP contribution in [0.1, 0.15) is 128 Å². The van der Waals surface area contributed by atoms with Crippen LogP contribution in [0.2, 0.25) is 204 Å². The van der Waals surface area contributed by atoms with Gasteiger partial charge in [0.05, 0.1) is 52.4 Å². The van der Waals surface area contributed by atoms with Crippen molar-refractivity contribution in [3.8, 4) is 0 Å². The second kappa shape index (κ2) is 51.9. The van der Waals surface area contributed by atoms with Crippen LogP contribution in [0.5, 0.6) is 0 Å². The average molecular weight is 2250 g/mol. The summed E-state index contributed by atoms with van der Waals surface area (Å²) in [6.07, 6.45) is 1.85. The average Bonchev–Trinajstić information content (AvgIpc) is 0.751. The highest BCUT2D eigenvalue weighted by Crippen LogP contribution is 2.47. The molecule has 36 nitrogen and oxygen atoms in total. The molecule has 3 heterocycles. The second-order valence-corrected chi connectivity index (χ2v) is 103. The molecule has 0 N–H and O–H groups in total. The minimum atomic E-state index is -4.25. The van der Waals surface area contributed by atoms with Crippen LogP contribution in [0.4, 0.5) is 0 Å². The largest absolute Gasteiger partial charge is 0.470 e. The lowest BCUT2D eigenvalue weighted by atomic mass is 10.3. The summed E-state index contributed by atoms with van der Waals surface area (Å²) in [7, 11) is -67.6. The van der Waals surface area contributed by atoms with Crippen LogP contribution in [0, 0.1) is 0 Å². The molecule has 54 heteroatoms. The molecule has 11 atom stereocenters. The van der Waals surface area contributed by atoms with Gasteiger partial charge in [-0.1, -0.05) is 66.5 Å². The third kappa shape index (κ3) is 45.8. The van der Waals surface area contributed by atoms with Crippen LogP contribution in [-0.4, -0.2) is 255 Å². The fraction of sp³-hybridized carbons (Fsp3) is 0.711. The van der Waals surface area contributed by atoms with Crippen LogP contribution in [-0.2, 0) is 159 Å². The Morgan fingerprint density at radius 1 is 0.241 bits per heavy atom. The van der Waals surface area contributed by atoms with Crippen LogP contribution in [0.3, 0.4) is 0 Å². The highest BCUT2D eigenvalue weighted by atomic mass is 28.6. The molecule has 0 aromatic heterocycles. The van der Waals surface area contributed by atoms with Gasteiger partial charge in [-0.05, 0) is 281 Å². The van der Waals surface area contributed by atoms with Gasteiger partial charge >= 0.3 is 203 Å². The van der Waals surface area contributed by atoms with E-state index in [1.807, 2.05) is 145 Å². The van der Waals surface area contributed by atoms with E-state index in [-0.39, 0.29) is 127 Å². The molecule has 0 radical (unpaired) electrons. The number of hydrogen-bond donors (Lipinski definition) is 0. The van der Waals surface area contributed by atoms with E-state index in [1.165, 1.54) is 0 Å². The standard InChI is InChI=1S/C83H166O36Si18/c1-65(2)76(84)92-52-44-59-126(32)108-127(33,60-45-53-93-77(85)66(3)4)111-134(40,112-128(34,109-126)61-46-54-94-78(86)67(5)6)104-122(24,25)100-120(20,21)101-123(26,27)105-135(41)113-129(35,62-47-55-95-79(87)68(7)8)115-136(42,116-130(36,114-135)63-48-56-96-80(88)69(9)10)106-124(28,29)102-121(22,23)103-125(30,31)107-137(43)117-131(37,64-51-73(17)99-83(91)72(15)16)110-132(38,74(18)49-57-97-81(89)70(11)12)118-133(39,119-137)75(19)50-58-98-82(90)71(13)14/h73-75H,1,3,5,7,9,11,13,15,44-64H2,2,4,6,8,10,12,14,16-43H3. The van der Waals surface area contributed by atoms with Crippen molar-refractivity contribution in [1.82, 2.24) is 0 Å². The van der Waals surface area contributed by atoms with E-state index in [9.17, 15) is 38.4 Å². The Morgan fingerprint density at radius 2 is 0.431 bits per heavy atom. The SMILES string of the molecule is C=C(C)C(=O)OCCC[Si]1(C)O[Si](C)(CCCOC(=O)C(=C)C)O[Si](C)(O[Si](C)(C)O[Si](C)(C)O[Si](C)(C)O[Si]2(C)O[Si](C)(CCCOC(=O)C(=C)C)O[Si](C)(O[Si](C)(C)O[Si](C)(C)O[Si](C)(C)O[Si]3(C)O[Si](C)(CCC(C)OC(=O)C(=C)C)O[Si](C)(C(C)CCOC(=O)C(=C)C)O[Si](C)(C(C)CCOC(=O)C(=C)C)O3)O[Si](C)(CCCOC(=O)C(=C)C)O2)O[Si](C)(CCCOC(=O)C(=C)C)O1. The maximum absolute atomic E-state index is 13.0. The van der Waals surface area contributed by atoms with E-state index >= 15 is 0 Å². The lowest BCUT2D eigenvalue weighted by molar-refractivity contribution is -0.144. The van der Waals surface area contributed by atoms with E-state index in [4.69, 9.17) is 120 Å². The number of rotatable bonds is 56. The zero-order chi connectivity index (χ0) is 106. The van der Waals surface area contributed by atoms with Crippen LogP contribution >= 0.6 is 0 Å². The van der Waals surface area contributed by atoms with Crippen LogP contribution in [0.25, 0.3) is 0 Å². The van der Waals surface area contributed by atoms with Gasteiger partial charge in [0.2, 0.25) is 0 Å². The topological polar surface area (TPSA) is 395 Å². The Labute approximate surface area is 836 Å². The first-order chi connectivity index (χ1) is 62.0. The monoisotopic (exact) mass is 2240 g/mol. The highest BCUT2D eigenvalue weighted by molar-refractivity contribution is 6.99. The summed E-state index contributed by atoms with van der Waals surface area (Å²) < 4.78 is 194. The highest BCUT2D eigenvalue weighted by Gasteiger charge is 2.67. The first-order valence-corrected chi connectivity index (χ1v) is 92.4. The number of hydrogen-bond acceptors (Lipinski definition) is 36. The Morgan fingerprint density at radius 3 is 0.657 bits per heavy atom. The van der Waals surface area contributed by atoms with Crippen LogP contribution in [0.15, 0.2) is 97.2 Å². The molecule has 0 amide bonds. The fourth-order valence-electron chi connectivity index (χ4n) is 16.2. The summed E-state index contributed by atoms with van der Waals surface area (Å²) >= 11 is 0. The lowest BCUT2D eigenvalue weighted by Crippen LogP contribution is -2.72. The molecule has 0 bridgehead atoms. The predicted octanol–water partition coefficient (Wildman–Crippen LogP) is 18.7. The summed E-state index contributed by atoms with van der Waals surface area (Å²) in [6, 6.07) is 1.59. The maximum atomic E-state index is 13.0. The molecular weight excluding hydrogens is 2080 g/mol. The molecule has 0 spiro atoms. The molecule has 11 unspecified atom stereocenters. The van der Waals surface area contributed by atoms with Gasteiger partial charge < -0.3 is 120 Å². The molecule has 3 fully saturated rings. The predicted molar refractivity (Wildman–Crippen MR) is 561 cm³/mol. The van der Waals surface area contributed by atoms with E-state index in [2.05, 4.69) is 52.6 Å². The van der Waals surface area contributed by atoms with Gasteiger partial charge in [0, 0.05) is 81.9 Å². The summed E-state index contributed by atoms with van der Waals surface area (Å²) in [5.74, 6) is -4.43. The fourth-order valence-corrected chi connectivity index (χ4v) is 117. The lowest BCUT2D eigenvalue weighted by Gasteiger charge is -2.53. The minimum absolute atomic E-state index is 0.00941. The van der Waals surface area contributed by atoms with Crippen molar-refractivity contribution in [3.63, 3.8) is 0 Å². The number of esters is 8. The first-order valence-electron chi connectivity index (χ1n) is 46.7. The van der Waals surface area contributed by atoms with Crippen molar-refractivity contribution in [2.24, 2.45) is 0 Å². The quantitative estimate of drug-likeness (QED) is 0.0179. The van der Waals surface area contributed by atoms with Gasteiger partial charge in [-0.15, -0.1) is 0 Å². The zero-order valence-electron chi connectivity index (χ0n) is 88.9. The van der Waals surface area contributed by atoms with Crippen molar-refractivity contribution in [3.05, 3.63) is 97.2 Å². The molecule has 0 aliphatic carbocycles. The summed E-state index contributed by atoms with van der Waals surface area (Å²) in [5.41, 5.74) is 1.13. The van der Waals surface area contributed by atoms with Crippen molar-refractivity contribution in [1.29, 1.82) is 0 Å². The Bertz CT molecular complexity index is 4190. The third-order valence-corrected chi connectivity index (χ3v) is 101. The number of carbonyl (C=O) groups excluding carboxylic acids is 8. The number of carbonyl (C=O) groups is 8. The molecule has 3 aliphatic rings. The normalized spacial score (nSPS) is 28.3. The zero-order valence-corrected chi connectivity index (χ0v) is 107. The third-order valence-electron chi connectivity index (χ3n) is 21.1. The van der Waals surface area contributed by atoms with Gasteiger partial charge in [0.25, 0.3) is 0 Å². The summed E-state index contributed by atoms with van der Waals surface area (Å²) in [4.78, 5) is 103. The van der Waals surface area contributed by atoms with Crippen molar-refractivity contribution in [2.75, 3.05) is 46.2 Å². The summed E-state index contributed by atoms with van der Waals surface area (Å²) in [6.45, 7) is 93.3. The van der Waals surface area contributed by atoms with E-state index in [1.54, 1.807) is 88.5 Å². The molecule has 3 saturated heterocycles. The van der Waals surface area contributed by atoms with Gasteiger partial charge in [-0.25, -0.2) is 38.4 Å². The maximum Gasteiger partial charge on any atom is 0.470 e. The van der Waals surface area contributed by atoms with Gasteiger partial charge in [-0.3, -0.25) is 0 Å². The molecule has 786 valence electrons. The number of ether oxygens (including phenoxy) is 8. The van der Waals surface area contributed by atoms with Crippen molar-refractivity contribution >= 4 is 203 Å². The molecule has 0 saturated carbocycles. The summed E-state index contributed by atoms with van der Waals surface area (Å²) in [5, 5.41) is 0. The molecular formula is C83H166O36Si18. The molecule has 3 rings (SSSR count). The van der Waals surface area contributed by atoms with Gasteiger partial charge in [-0.2, -0.15) is 0 Å². The van der Waals surface area contributed by atoms with Crippen molar-refractivity contribution in [2.45, 2.75) is 338 Å². The van der Waals surface area contributed by atoms with Crippen LogP contribution < -0.4 is 0 Å². The Balaban J connectivity index is 2.28. The van der Waals surface area contributed by atoms with Crippen molar-refractivity contribution < 1.29 is 159 Å². The Hall–Kier alpha value is -3.22.